The minimum Gasteiger partial charge on any atom is -0.378 e. The number of anilines is 1. The molecule has 0 aliphatic rings. The molecule has 0 aliphatic carbocycles. The van der Waals surface area contributed by atoms with Crippen molar-refractivity contribution in [3.63, 3.8) is 0 Å². The molecule has 3 rings (SSSR count). The van der Waals surface area contributed by atoms with Crippen LogP contribution in [0.15, 0.2) is 72.8 Å². The predicted molar refractivity (Wildman–Crippen MR) is 106 cm³/mol. The number of nitro benzene ring substituents is 1. The molecule has 142 valence electrons. The average Bonchev–Trinajstić information content (AvgIpc) is 2.68. The minimum absolute atomic E-state index is 0.0271. The molecular formula is C21H16ClFN2O3. The van der Waals surface area contributed by atoms with Gasteiger partial charge in [-0.2, -0.15) is 0 Å². The number of nitro groups is 1. The van der Waals surface area contributed by atoms with Gasteiger partial charge in [0.15, 0.2) is 5.78 Å². The van der Waals surface area contributed by atoms with Crippen molar-refractivity contribution in [1.82, 2.24) is 0 Å². The fourth-order valence-corrected chi connectivity index (χ4v) is 3.02. The quantitative estimate of drug-likeness (QED) is 0.309. The number of halogens is 2. The first-order valence-electron chi connectivity index (χ1n) is 8.47. The molecule has 5 nitrogen and oxygen atoms in total. The minimum atomic E-state index is -0.532. The molecule has 7 heteroatoms. The molecule has 0 fully saturated rings. The van der Waals surface area contributed by atoms with Crippen LogP contribution in [-0.2, 0) is 0 Å². The van der Waals surface area contributed by atoms with E-state index in [4.69, 9.17) is 11.6 Å². The van der Waals surface area contributed by atoms with Crippen LogP contribution in [0, 0.1) is 15.9 Å². The zero-order valence-electron chi connectivity index (χ0n) is 14.6. The highest BCUT2D eigenvalue weighted by molar-refractivity contribution is 6.30. The van der Waals surface area contributed by atoms with Gasteiger partial charge in [0.1, 0.15) is 5.82 Å². The Morgan fingerprint density at radius 1 is 1.07 bits per heavy atom. The van der Waals surface area contributed by atoms with E-state index in [1.807, 2.05) is 0 Å². The normalized spacial score (nSPS) is 11.6. The summed E-state index contributed by atoms with van der Waals surface area (Å²) >= 11 is 6.03. The molecule has 0 saturated heterocycles. The number of carbonyl (C=O) groups is 1. The SMILES string of the molecule is O=C(CC(Nc1cccc(Cl)c1)c1cccc([N+](=O)[O-])c1)c1ccc(F)cc1. The molecule has 28 heavy (non-hydrogen) atoms. The maximum absolute atomic E-state index is 13.1. The summed E-state index contributed by atoms with van der Waals surface area (Å²) in [5.41, 5.74) is 1.56. The molecule has 1 atom stereocenters. The Morgan fingerprint density at radius 3 is 2.46 bits per heavy atom. The van der Waals surface area contributed by atoms with E-state index in [0.29, 0.717) is 21.8 Å². The van der Waals surface area contributed by atoms with E-state index >= 15 is 0 Å². The van der Waals surface area contributed by atoms with E-state index in [1.54, 1.807) is 36.4 Å². The first kappa shape index (κ1) is 19.5. The molecule has 0 radical (unpaired) electrons. The van der Waals surface area contributed by atoms with Crippen LogP contribution in [-0.4, -0.2) is 10.7 Å². The molecule has 0 heterocycles. The van der Waals surface area contributed by atoms with Gasteiger partial charge in [-0.25, -0.2) is 4.39 Å². The Bertz CT molecular complexity index is 1010. The molecule has 0 aromatic heterocycles. The molecule has 1 N–H and O–H groups in total. The lowest BCUT2D eigenvalue weighted by molar-refractivity contribution is -0.384. The topological polar surface area (TPSA) is 72.2 Å². The van der Waals surface area contributed by atoms with Gasteiger partial charge < -0.3 is 5.32 Å². The standard InChI is InChI=1S/C21H16ClFN2O3/c22-16-4-2-5-18(12-16)24-20(15-3-1-6-19(11-15)25(27)28)13-21(26)14-7-9-17(23)10-8-14/h1-12,20,24H,13H2. The molecule has 0 saturated carbocycles. The Morgan fingerprint density at radius 2 is 1.79 bits per heavy atom. The summed E-state index contributed by atoms with van der Waals surface area (Å²) in [6.07, 6.45) is 0.0271. The number of rotatable bonds is 7. The number of benzene rings is 3. The molecular weight excluding hydrogens is 383 g/mol. The molecule has 1 unspecified atom stereocenters. The molecule has 3 aromatic carbocycles. The highest BCUT2D eigenvalue weighted by Gasteiger charge is 2.20. The molecule has 3 aromatic rings. The third-order valence-electron chi connectivity index (χ3n) is 4.20. The van der Waals surface area contributed by atoms with Crippen LogP contribution < -0.4 is 5.32 Å². The van der Waals surface area contributed by atoms with Gasteiger partial charge in [0.25, 0.3) is 5.69 Å². The van der Waals surface area contributed by atoms with Crippen LogP contribution in [0.2, 0.25) is 5.02 Å². The predicted octanol–water partition coefficient (Wildman–Crippen LogP) is 5.81. The Kier molecular flexibility index (Phi) is 6.01. The Hall–Kier alpha value is -3.25. The Labute approximate surface area is 165 Å². The zero-order chi connectivity index (χ0) is 20.1. The van der Waals surface area contributed by atoms with Crippen molar-refractivity contribution in [2.45, 2.75) is 12.5 Å². The second-order valence-electron chi connectivity index (χ2n) is 6.19. The van der Waals surface area contributed by atoms with Crippen LogP contribution in [0.3, 0.4) is 0 Å². The van der Waals surface area contributed by atoms with Gasteiger partial charge in [-0.05, 0) is 48.0 Å². The third kappa shape index (κ3) is 4.92. The lowest BCUT2D eigenvalue weighted by Gasteiger charge is -2.20. The summed E-state index contributed by atoms with van der Waals surface area (Å²) in [5, 5.41) is 14.9. The van der Waals surface area contributed by atoms with Crippen LogP contribution in [0.4, 0.5) is 15.8 Å². The highest BCUT2D eigenvalue weighted by Crippen LogP contribution is 2.28. The van der Waals surface area contributed by atoms with Crippen LogP contribution in [0.1, 0.15) is 28.4 Å². The fraction of sp³-hybridized carbons (Fsp3) is 0.0952. The van der Waals surface area contributed by atoms with E-state index in [-0.39, 0.29) is 17.9 Å². The summed E-state index contributed by atoms with van der Waals surface area (Å²) in [5.74, 6) is -0.644. The second kappa shape index (κ2) is 8.63. The summed E-state index contributed by atoms with van der Waals surface area (Å²) in [6, 6.07) is 17.8. The number of nitrogens with zero attached hydrogens (tertiary/aromatic N) is 1. The van der Waals surface area contributed by atoms with Crippen molar-refractivity contribution in [1.29, 1.82) is 0 Å². The third-order valence-corrected chi connectivity index (χ3v) is 4.44. The van der Waals surface area contributed by atoms with Crippen molar-refractivity contribution in [3.05, 3.63) is 105 Å². The zero-order valence-corrected chi connectivity index (χ0v) is 15.4. The van der Waals surface area contributed by atoms with Crippen LogP contribution in [0.25, 0.3) is 0 Å². The number of hydrogen-bond acceptors (Lipinski definition) is 4. The molecule has 0 spiro atoms. The fourth-order valence-electron chi connectivity index (χ4n) is 2.83. The first-order valence-corrected chi connectivity index (χ1v) is 8.85. The lowest BCUT2D eigenvalue weighted by atomic mass is 9.97. The highest BCUT2D eigenvalue weighted by atomic mass is 35.5. The van der Waals surface area contributed by atoms with E-state index in [0.717, 1.165) is 0 Å². The lowest BCUT2D eigenvalue weighted by Crippen LogP contribution is -2.16. The first-order chi connectivity index (χ1) is 13.4. The van der Waals surface area contributed by atoms with E-state index < -0.39 is 16.8 Å². The van der Waals surface area contributed by atoms with Gasteiger partial charge >= 0.3 is 0 Å². The van der Waals surface area contributed by atoms with Gasteiger partial charge in [-0.3, -0.25) is 14.9 Å². The number of Topliss-reactive ketones (excluding diaryl/α,β-unsaturated/α-hetero) is 1. The Balaban J connectivity index is 1.91. The van der Waals surface area contributed by atoms with Crippen molar-refractivity contribution in [2.75, 3.05) is 5.32 Å². The maximum Gasteiger partial charge on any atom is 0.269 e. The summed E-state index contributed by atoms with van der Waals surface area (Å²) in [4.78, 5) is 23.3. The van der Waals surface area contributed by atoms with Gasteiger partial charge in [0.05, 0.1) is 11.0 Å². The maximum atomic E-state index is 13.1. The van der Waals surface area contributed by atoms with Crippen LogP contribution in [0.5, 0.6) is 0 Å². The average molecular weight is 399 g/mol. The van der Waals surface area contributed by atoms with Crippen molar-refractivity contribution in [3.8, 4) is 0 Å². The summed E-state index contributed by atoms with van der Waals surface area (Å²) < 4.78 is 13.1. The van der Waals surface area contributed by atoms with Crippen molar-refractivity contribution >= 4 is 28.8 Å². The van der Waals surface area contributed by atoms with Gasteiger partial charge in [0.2, 0.25) is 0 Å². The van der Waals surface area contributed by atoms with Gasteiger partial charge in [-0.1, -0.05) is 29.8 Å². The second-order valence-corrected chi connectivity index (χ2v) is 6.63. The number of carbonyl (C=O) groups excluding carboxylic acids is 1. The van der Waals surface area contributed by atoms with E-state index in [9.17, 15) is 19.3 Å². The van der Waals surface area contributed by atoms with Crippen LogP contribution >= 0.6 is 11.6 Å². The number of ketones is 1. The number of hydrogen-bond donors (Lipinski definition) is 1. The molecule has 0 aliphatic heterocycles. The number of non-ortho nitro benzene ring substituents is 1. The van der Waals surface area contributed by atoms with Gasteiger partial charge in [-0.15, -0.1) is 0 Å². The van der Waals surface area contributed by atoms with E-state index in [2.05, 4.69) is 5.32 Å². The molecule has 0 amide bonds. The van der Waals surface area contributed by atoms with Crippen molar-refractivity contribution < 1.29 is 14.1 Å². The van der Waals surface area contributed by atoms with Gasteiger partial charge in [0, 0.05) is 34.8 Å². The summed E-state index contributed by atoms with van der Waals surface area (Å²) in [6.45, 7) is 0. The monoisotopic (exact) mass is 398 g/mol. The smallest absolute Gasteiger partial charge is 0.269 e. The molecule has 0 bridgehead atoms. The van der Waals surface area contributed by atoms with E-state index in [1.165, 1.54) is 36.4 Å². The largest absolute Gasteiger partial charge is 0.378 e. The van der Waals surface area contributed by atoms with Crippen molar-refractivity contribution in [2.24, 2.45) is 0 Å². The summed E-state index contributed by atoms with van der Waals surface area (Å²) in [7, 11) is 0. The number of nitrogens with one attached hydrogen (secondary N) is 1.